The Balaban J connectivity index is 1.60. The van der Waals surface area contributed by atoms with Gasteiger partial charge in [0.1, 0.15) is 6.04 Å². The van der Waals surface area contributed by atoms with E-state index in [0.29, 0.717) is 30.8 Å². The van der Waals surface area contributed by atoms with Crippen molar-refractivity contribution in [2.24, 2.45) is 0 Å². The molecule has 0 spiro atoms. The van der Waals surface area contributed by atoms with Crippen molar-refractivity contribution in [1.29, 1.82) is 5.26 Å². The van der Waals surface area contributed by atoms with Gasteiger partial charge in [0.15, 0.2) is 0 Å². The topological polar surface area (TPSA) is 91.5 Å². The van der Waals surface area contributed by atoms with Gasteiger partial charge >= 0.3 is 0 Å². The molecule has 2 amide bonds. The van der Waals surface area contributed by atoms with Crippen molar-refractivity contribution in [3.63, 3.8) is 0 Å². The Hall–Kier alpha value is -3.18. The van der Waals surface area contributed by atoms with Crippen molar-refractivity contribution in [2.45, 2.75) is 25.4 Å². The molecule has 27 heavy (non-hydrogen) atoms. The molecule has 0 aliphatic carbocycles. The maximum atomic E-state index is 13.0. The average molecular weight is 365 g/mol. The zero-order valence-electron chi connectivity index (χ0n) is 14.7. The van der Waals surface area contributed by atoms with Crippen LogP contribution in [-0.4, -0.2) is 51.0 Å². The smallest absolute Gasteiger partial charge is 0.271 e. The molecule has 0 radical (unpaired) electrons. The number of benzene rings is 1. The molecule has 138 valence electrons. The fourth-order valence-electron chi connectivity index (χ4n) is 3.48. The number of carbonyl (C=O) groups is 2. The van der Waals surface area contributed by atoms with E-state index in [1.807, 2.05) is 10.6 Å². The van der Waals surface area contributed by atoms with Crippen LogP contribution in [0.2, 0.25) is 0 Å². The third kappa shape index (κ3) is 3.29. The predicted octanol–water partition coefficient (Wildman–Crippen LogP) is 1.51. The minimum atomic E-state index is -0.572. The van der Waals surface area contributed by atoms with Crippen LogP contribution in [0.15, 0.2) is 36.8 Å². The van der Waals surface area contributed by atoms with Crippen molar-refractivity contribution in [2.75, 3.05) is 19.7 Å². The van der Waals surface area contributed by atoms with Gasteiger partial charge in [0.2, 0.25) is 0 Å². The van der Waals surface area contributed by atoms with Crippen LogP contribution in [0, 0.1) is 11.3 Å². The van der Waals surface area contributed by atoms with Gasteiger partial charge in [-0.2, -0.15) is 5.26 Å². The Labute approximate surface area is 156 Å². The second-order valence-electron chi connectivity index (χ2n) is 6.67. The van der Waals surface area contributed by atoms with Gasteiger partial charge in [-0.1, -0.05) is 6.07 Å². The van der Waals surface area contributed by atoms with Crippen LogP contribution >= 0.6 is 0 Å². The lowest BCUT2D eigenvalue weighted by atomic mass is 10.1. The van der Waals surface area contributed by atoms with E-state index in [1.165, 1.54) is 5.06 Å². The Morgan fingerprint density at radius 2 is 2.19 bits per heavy atom. The first-order valence-corrected chi connectivity index (χ1v) is 8.92. The highest BCUT2D eigenvalue weighted by Gasteiger charge is 2.36. The van der Waals surface area contributed by atoms with Gasteiger partial charge in [0, 0.05) is 18.3 Å². The quantitative estimate of drug-likeness (QED) is 0.804. The highest BCUT2D eigenvalue weighted by Crippen LogP contribution is 2.25. The SMILES string of the molecule is N#Cc1cccc(C(=O)N2Cc3cncn3[C@@H](C(=O)N3CCCCO3)C2)c1. The second-order valence-corrected chi connectivity index (χ2v) is 6.67. The average Bonchev–Trinajstić information content (AvgIpc) is 3.21. The van der Waals surface area contributed by atoms with Gasteiger partial charge in [-0.15, -0.1) is 0 Å². The van der Waals surface area contributed by atoms with E-state index in [0.717, 1.165) is 18.5 Å². The van der Waals surface area contributed by atoms with Crippen LogP contribution in [0.25, 0.3) is 0 Å². The number of amides is 2. The van der Waals surface area contributed by atoms with Gasteiger partial charge in [0.25, 0.3) is 11.8 Å². The van der Waals surface area contributed by atoms with Crippen molar-refractivity contribution >= 4 is 11.8 Å². The third-order valence-electron chi connectivity index (χ3n) is 4.89. The predicted molar refractivity (Wildman–Crippen MR) is 94.1 cm³/mol. The summed E-state index contributed by atoms with van der Waals surface area (Å²) in [5, 5.41) is 10.5. The van der Waals surface area contributed by atoms with E-state index in [-0.39, 0.29) is 18.4 Å². The number of hydroxylamine groups is 2. The van der Waals surface area contributed by atoms with E-state index in [1.54, 1.807) is 41.7 Å². The fourth-order valence-corrected chi connectivity index (χ4v) is 3.48. The molecule has 2 aromatic rings. The zero-order chi connectivity index (χ0) is 18.8. The largest absolute Gasteiger partial charge is 0.330 e. The van der Waals surface area contributed by atoms with Crippen LogP contribution in [0.4, 0.5) is 0 Å². The van der Waals surface area contributed by atoms with Crippen LogP contribution in [-0.2, 0) is 16.2 Å². The number of aromatic nitrogens is 2. The number of fused-ring (bicyclic) bond motifs is 1. The summed E-state index contributed by atoms with van der Waals surface area (Å²) >= 11 is 0. The molecule has 3 heterocycles. The van der Waals surface area contributed by atoms with Crippen LogP contribution in [0.1, 0.15) is 40.5 Å². The fraction of sp³-hybridized carbons (Fsp3) is 0.368. The van der Waals surface area contributed by atoms with Gasteiger partial charge in [-0.05, 0) is 31.0 Å². The zero-order valence-corrected chi connectivity index (χ0v) is 14.7. The van der Waals surface area contributed by atoms with E-state index in [2.05, 4.69) is 4.98 Å². The first kappa shape index (κ1) is 17.2. The highest BCUT2D eigenvalue weighted by molar-refractivity contribution is 5.95. The van der Waals surface area contributed by atoms with Gasteiger partial charge in [-0.25, -0.2) is 10.0 Å². The summed E-state index contributed by atoms with van der Waals surface area (Å²) in [6.45, 7) is 1.67. The number of nitriles is 1. The lowest BCUT2D eigenvalue weighted by molar-refractivity contribution is -0.201. The highest BCUT2D eigenvalue weighted by atomic mass is 16.7. The number of hydrogen-bond acceptors (Lipinski definition) is 5. The summed E-state index contributed by atoms with van der Waals surface area (Å²) in [6.07, 6.45) is 5.13. The molecule has 2 aliphatic rings. The molecular weight excluding hydrogens is 346 g/mol. The molecular formula is C19H19N5O3. The minimum Gasteiger partial charge on any atom is -0.330 e. The summed E-state index contributed by atoms with van der Waals surface area (Å²) in [7, 11) is 0. The lowest BCUT2D eigenvalue weighted by Gasteiger charge is -2.36. The molecule has 0 saturated carbocycles. The van der Waals surface area contributed by atoms with Crippen molar-refractivity contribution < 1.29 is 14.4 Å². The summed E-state index contributed by atoms with van der Waals surface area (Å²) in [5.74, 6) is -0.380. The Kier molecular flexibility index (Phi) is 4.60. The van der Waals surface area contributed by atoms with Crippen LogP contribution < -0.4 is 0 Å². The molecule has 1 aromatic heterocycles. The maximum Gasteiger partial charge on any atom is 0.271 e. The molecule has 0 N–H and O–H groups in total. The summed E-state index contributed by atoms with van der Waals surface area (Å²) < 4.78 is 1.82. The molecule has 2 aliphatic heterocycles. The van der Waals surface area contributed by atoms with Gasteiger partial charge < -0.3 is 9.47 Å². The second kappa shape index (κ2) is 7.21. The number of imidazole rings is 1. The minimum absolute atomic E-state index is 0.169. The number of nitrogens with zero attached hydrogens (tertiary/aromatic N) is 5. The Bertz CT molecular complexity index is 910. The van der Waals surface area contributed by atoms with Crippen molar-refractivity contribution in [1.82, 2.24) is 19.5 Å². The monoisotopic (exact) mass is 365 g/mol. The first-order valence-electron chi connectivity index (χ1n) is 8.92. The number of hydrogen-bond donors (Lipinski definition) is 0. The Morgan fingerprint density at radius 3 is 2.96 bits per heavy atom. The summed E-state index contributed by atoms with van der Waals surface area (Å²) in [6, 6.07) is 8.06. The molecule has 4 rings (SSSR count). The lowest BCUT2D eigenvalue weighted by Crippen LogP contribution is -2.48. The molecule has 1 aromatic carbocycles. The normalized spacial score (nSPS) is 19.3. The third-order valence-corrected chi connectivity index (χ3v) is 4.89. The summed E-state index contributed by atoms with van der Waals surface area (Å²) in [4.78, 5) is 37.2. The molecule has 0 bridgehead atoms. The molecule has 1 atom stereocenters. The molecule has 8 nitrogen and oxygen atoms in total. The Morgan fingerprint density at radius 1 is 1.30 bits per heavy atom. The van der Waals surface area contributed by atoms with E-state index in [9.17, 15) is 9.59 Å². The summed E-state index contributed by atoms with van der Waals surface area (Å²) in [5.41, 5.74) is 1.65. The first-order chi connectivity index (χ1) is 13.2. The standard InChI is InChI=1S/C19H19N5O3/c20-9-14-4-3-5-15(8-14)18(25)22-11-16-10-21-13-23(16)17(12-22)19(26)24-6-1-2-7-27-24/h3-5,8,10,13,17H,1-2,6-7,11-12H2/t17-/m1/s1. The van der Waals surface area contributed by atoms with Gasteiger partial charge in [0.05, 0.1) is 43.4 Å². The number of carbonyl (C=O) groups excluding carboxylic acids is 2. The van der Waals surface area contributed by atoms with E-state index in [4.69, 9.17) is 10.1 Å². The molecule has 1 fully saturated rings. The van der Waals surface area contributed by atoms with Crippen LogP contribution in [0.5, 0.6) is 0 Å². The van der Waals surface area contributed by atoms with E-state index >= 15 is 0 Å². The molecule has 8 heteroatoms. The molecule has 0 unspecified atom stereocenters. The van der Waals surface area contributed by atoms with Gasteiger partial charge in [-0.3, -0.25) is 14.4 Å². The maximum absolute atomic E-state index is 13.0. The van der Waals surface area contributed by atoms with Crippen molar-refractivity contribution in [3.05, 3.63) is 53.6 Å². The van der Waals surface area contributed by atoms with Crippen LogP contribution in [0.3, 0.4) is 0 Å². The van der Waals surface area contributed by atoms with E-state index < -0.39 is 6.04 Å². The molecule has 1 saturated heterocycles. The number of rotatable bonds is 2. The van der Waals surface area contributed by atoms with Crippen molar-refractivity contribution in [3.8, 4) is 6.07 Å².